The average Bonchev–Trinajstić information content (AvgIpc) is 3.59. The van der Waals surface area contributed by atoms with Crippen LogP contribution in [0, 0.1) is 56.7 Å². The van der Waals surface area contributed by atoms with Gasteiger partial charge in [0.1, 0.15) is 5.02 Å². The van der Waals surface area contributed by atoms with E-state index in [1.165, 1.54) is 68.1 Å². The molecule has 5 fully saturated rings. The van der Waals surface area contributed by atoms with E-state index in [1.54, 1.807) is 18.3 Å². The quantitative estimate of drug-likeness (QED) is 0.164. The van der Waals surface area contributed by atoms with Crippen LogP contribution in [-0.2, 0) is 19.4 Å². The van der Waals surface area contributed by atoms with Crippen molar-refractivity contribution < 1.29 is 22.7 Å². The SMILES string of the molecule is C=C(C)[C@@H]1CC[C@]2(NCCN3CCS(=O)(=O)CC3)CC[C@]3(C)[C@H](CC[C@@H]4[C@@]5(C)CC=C(C6=CCC(CCOc7ncccc7Cl)(C(=O)OC(C)C)CC6)C(C)(C)[C@@H]5CC[C@]43C)[C@@H]12. The van der Waals surface area contributed by atoms with E-state index in [0.717, 1.165) is 32.4 Å². The molecule has 1 N–H and O–H groups in total. The highest BCUT2D eigenvalue weighted by molar-refractivity contribution is 7.91. The number of carbonyl (C=O) groups is 1. The molecule has 10 heteroatoms. The zero-order chi connectivity index (χ0) is 44.5. The lowest BCUT2D eigenvalue weighted by molar-refractivity contribution is -0.221. The highest BCUT2D eigenvalue weighted by atomic mass is 35.5. The second-order valence-electron chi connectivity index (χ2n) is 22.9. The van der Waals surface area contributed by atoms with E-state index in [9.17, 15) is 13.2 Å². The Morgan fingerprint density at radius 2 is 1.73 bits per heavy atom. The van der Waals surface area contributed by atoms with Gasteiger partial charge in [0.15, 0.2) is 9.84 Å². The minimum atomic E-state index is -2.88. The number of esters is 1. The lowest BCUT2D eigenvalue weighted by atomic mass is 9.33. The molecule has 0 bridgehead atoms. The zero-order valence-electron chi connectivity index (χ0n) is 39.4. The maximum Gasteiger partial charge on any atom is 0.312 e. The molecular formula is C52H78ClN3O5S. The first-order chi connectivity index (χ1) is 29.2. The van der Waals surface area contributed by atoms with E-state index in [4.69, 9.17) is 21.1 Å². The second kappa shape index (κ2) is 16.9. The summed E-state index contributed by atoms with van der Waals surface area (Å²) >= 11 is 6.35. The zero-order valence-corrected chi connectivity index (χ0v) is 41.0. The molecule has 1 aromatic heterocycles. The fourth-order valence-corrected chi connectivity index (χ4v) is 17.3. The predicted octanol–water partition coefficient (Wildman–Crippen LogP) is 10.8. The topological polar surface area (TPSA) is 97.8 Å². The second-order valence-corrected chi connectivity index (χ2v) is 25.6. The first-order valence-corrected chi connectivity index (χ1v) is 26.6. The smallest absolute Gasteiger partial charge is 0.312 e. The summed E-state index contributed by atoms with van der Waals surface area (Å²) in [6.07, 6.45) is 20.5. The van der Waals surface area contributed by atoms with Crippen LogP contribution in [0.1, 0.15) is 139 Å². The number of fused-ring (bicyclic) bond motifs is 7. The number of pyridine rings is 1. The number of allylic oxidation sites excluding steroid dienone is 5. The van der Waals surface area contributed by atoms with E-state index < -0.39 is 15.3 Å². The van der Waals surface area contributed by atoms with Crippen molar-refractivity contribution in [1.29, 1.82) is 0 Å². The number of nitrogens with zero attached hydrogens (tertiary/aromatic N) is 2. The number of rotatable bonds is 12. The molecule has 8 nitrogen and oxygen atoms in total. The van der Waals surface area contributed by atoms with Crippen molar-refractivity contribution in [3.63, 3.8) is 0 Å². The fourth-order valence-electron chi connectivity index (χ4n) is 15.9. The molecule has 2 heterocycles. The van der Waals surface area contributed by atoms with Gasteiger partial charge in [0.25, 0.3) is 0 Å². The first kappa shape index (κ1) is 46.3. The lowest BCUT2D eigenvalue weighted by Crippen LogP contribution is -2.68. The molecule has 8 rings (SSSR count). The van der Waals surface area contributed by atoms with Gasteiger partial charge in [-0.05, 0) is 179 Å². The van der Waals surface area contributed by atoms with Gasteiger partial charge in [-0.3, -0.25) is 4.79 Å². The normalized spacial score (nSPS) is 39.9. The monoisotopic (exact) mass is 892 g/mol. The van der Waals surface area contributed by atoms with Gasteiger partial charge in [-0.1, -0.05) is 70.5 Å². The van der Waals surface area contributed by atoms with E-state index in [0.29, 0.717) is 84.5 Å². The Bertz CT molecular complexity index is 2050. The third-order valence-electron chi connectivity index (χ3n) is 19.3. The minimum Gasteiger partial charge on any atom is -0.477 e. The van der Waals surface area contributed by atoms with Crippen molar-refractivity contribution in [2.24, 2.45) is 56.7 Å². The third-order valence-corrected chi connectivity index (χ3v) is 21.2. The van der Waals surface area contributed by atoms with Crippen LogP contribution in [0.2, 0.25) is 5.02 Å². The number of ether oxygens (including phenoxy) is 2. The molecule has 1 saturated heterocycles. The first-order valence-electron chi connectivity index (χ1n) is 24.4. The molecule has 0 aromatic carbocycles. The molecule has 62 heavy (non-hydrogen) atoms. The summed E-state index contributed by atoms with van der Waals surface area (Å²) in [7, 11) is -2.88. The molecule has 1 aromatic rings. The van der Waals surface area contributed by atoms with Crippen LogP contribution in [0.4, 0.5) is 0 Å². The molecule has 0 radical (unpaired) electrons. The molecule has 0 amide bonds. The van der Waals surface area contributed by atoms with Gasteiger partial charge >= 0.3 is 5.97 Å². The molecule has 4 saturated carbocycles. The van der Waals surface area contributed by atoms with Gasteiger partial charge < -0.3 is 19.7 Å². The number of hydrogen-bond donors (Lipinski definition) is 1. The van der Waals surface area contributed by atoms with Crippen molar-refractivity contribution in [3.8, 4) is 5.88 Å². The molecule has 10 atom stereocenters. The summed E-state index contributed by atoms with van der Waals surface area (Å²) in [4.78, 5) is 20.5. The lowest BCUT2D eigenvalue weighted by Gasteiger charge is -2.72. The van der Waals surface area contributed by atoms with Gasteiger partial charge in [-0.2, -0.15) is 0 Å². The van der Waals surface area contributed by atoms with Gasteiger partial charge in [-0.25, -0.2) is 13.4 Å². The minimum absolute atomic E-state index is 0.0237. The summed E-state index contributed by atoms with van der Waals surface area (Å²) in [6, 6.07) is 3.56. The van der Waals surface area contributed by atoms with Gasteiger partial charge in [0.2, 0.25) is 5.88 Å². The Balaban J connectivity index is 1.00. The maximum atomic E-state index is 13.8. The molecule has 1 aliphatic heterocycles. The van der Waals surface area contributed by atoms with Crippen molar-refractivity contribution in [3.05, 3.63) is 58.8 Å². The van der Waals surface area contributed by atoms with Crippen molar-refractivity contribution >= 4 is 27.4 Å². The Morgan fingerprint density at radius 1 is 0.968 bits per heavy atom. The molecule has 7 aliphatic rings. The van der Waals surface area contributed by atoms with Crippen LogP contribution in [-0.4, -0.2) is 80.2 Å². The van der Waals surface area contributed by atoms with Crippen LogP contribution < -0.4 is 10.1 Å². The third kappa shape index (κ3) is 7.88. The summed E-state index contributed by atoms with van der Waals surface area (Å²) in [6.45, 7) is 27.5. The van der Waals surface area contributed by atoms with Crippen molar-refractivity contribution in [2.75, 3.05) is 44.3 Å². The standard InChI is InChI=1S/C52H78ClN3O5S/c1-35(2)38-16-23-52(55-28-29-56-30-33-62(58,59)34-31-56)25-24-49(8)40(44(38)52)12-13-43-48(7)19-17-39(47(5,6)42(48)18-20-50(43,49)9)37-14-21-51(22-15-37,46(57)61-36(3)4)26-32-60-45-41(53)11-10-27-54-45/h10-11,14,17,27,36,38,40,42-44,55H,1,12-13,15-16,18-26,28-34H2,2-9H3/t38-,40+,42-,43+,44+,48-,49+,50+,51?,52-/m0/s1. The van der Waals surface area contributed by atoms with E-state index >= 15 is 0 Å². The highest BCUT2D eigenvalue weighted by Crippen LogP contribution is 2.76. The van der Waals surface area contributed by atoms with Gasteiger partial charge in [-0.15, -0.1) is 0 Å². The number of aromatic nitrogens is 1. The Morgan fingerprint density at radius 3 is 2.40 bits per heavy atom. The van der Waals surface area contributed by atoms with Gasteiger partial charge in [0, 0.05) is 37.9 Å². The predicted molar refractivity (Wildman–Crippen MR) is 251 cm³/mol. The Hall–Kier alpha value is -2.20. The number of hydrogen-bond acceptors (Lipinski definition) is 8. The average molecular weight is 893 g/mol. The molecule has 6 aliphatic carbocycles. The fraction of sp³-hybridized carbons (Fsp3) is 0.769. The molecule has 1 unspecified atom stereocenters. The van der Waals surface area contributed by atoms with Crippen LogP contribution in [0.15, 0.2) is 53.8 Å². The van der Waals surface area contributed by atoms with Crippen LogP contribution >= 0.6 is 11.6 Å². The molecule has 344 valence electrons. The number of halogens is 1. The van der Waals surface area contributed by atoms with Crippen molar-refractivity contribution in [2.45, 2.75) is 151 Å². The summed E-state index contributed by atoms with van der Waals surface area (Å²) < 4.78 is 36.2. The summed E-state index contributed by atoms with van der Waals surface area (Å²) in [5.74, 6) is 3.94. The number of nitrogens with one attached hydrogen (secondary N) is 1. The van der Waals surface area contributed by atoms with Crippen molar-refractivity contribution in [1.82, 2.24) is 15.2 Å². The Labute approximate surface area is 379 Å². The molecule has 0 spiro atoms. The number of sulfone groups is 1. The molecular weight excluding hydrogens is 814 g/mol. The maximum absolute atomic E-state index is 13.8. The van der Waals surface area contributed by atoms with Crippen LogP contribution in [0.25, 0.3) is 0 Å². The number of carbonyl (C=O) groups excluding carboxylic acids is 1. The van der Waals surface area contributed by atoms with E-state index in [1.807, 2.05) is 13.8 Å². The Kier molecular flexibility index (Phi) is 12.6. The van der Waals surface area contributed by atoms with Gasteiger partial charge in [0.05, 0.1) is 29.6 Å². The van der Waals surface area contributed by atoms with E-state index in [-0.39, 0.29) is 39.3 Å². The summed E-state index contributed by atoms with van der Waals surface area (Å²) in [5, 5.41) is 4.71. The van der Waals surface area contributed by atoms with E-state index in [2.05, 4.69) is 75.5 Å². The van der Waals surface area contributed by atoms with Crippen LogP contribution in [0.5, 0.6) is 5.88 Å². The largest absolute Gasteiger partial charge is 0.477 e. The highest BCUT2D eigenvalue weighted by Gasteiger charge is 2.70. The summed E-state index contributed by atoms with van der Waals surface area (Å²) in [5.41, 5.74) is 4.58. The van der Waals surface area contributed by atoms with Crippen LogP contribution in [0.3, 0.4) is 0 Å².